The predicted octanol–water partition coefficient (Wildman–Crippen LogP) is 5.94. The van der Waals surface area contributed by atoms with E-state index in [0.717, 1.165) is 11.3 Å². The molecule has 2 N–H and O–H groups in total. The first-order valence-electron chi connectivity index (χ1n) is 11.0. The molecule has 0 aliphatic heterocycles. The van der Waals surface area contributed by atoms with Crippen LogP contribution in [-0.4, -0.2) is 32.3 Å². The Bertz CT molecular complexity index is 1230. The molecule has 1 atom stereocenters. The number of nitrogens with zero attached hydrogens (tertiary/aromatic N) is 3. The number of nitrogens with one attached hydrogen (secondary N) is 2. The summed E-state index contributed by atoms with van der Waals surface area (Å²) in [6, 6.07) is 11.9. The maximum absolute atomic E-state index is 13.0. The van der Waals surface area contributed by atoms with Crippen LogP contribution in [0.4, 0.5) is 5.69 Å². The normalized spacial score (nSPS) is 11.8. The lowest BCUT2D eigenvalue weighted by molar-refractivity contribution is -0.113. The van der Waals surface area contributed by atoms with Crippen molar-refractivity contribution in [3.8, 4) is 0 Å². The van der Waals surface area contributed by atoms with E-state index in [0.29, 0.717) is 28.1 Å². The number of rotatable bonds is 10. The number of allylic oxidation sites excluding steroid dienone is 1. The zero-order valence-electron chi connectivity index (χ0n) is 19.7. The number of carbonyl (C=O) groups is 2. The van der Waals surface area contributed by atoms with Gasteiger partial charge in [-0.25, -0.2) is 0 Å². The van der Waals surface area contributed by atoms with Gasteiger partial charge in [0.2, 0.25) is 5.91 Å². The van der Waals surface area contributed by atoms with Gasteiger partial charge in [-0.1, -0.05) is 67.0 Å². The Morgan fingerprint density at radius 3 is 2.60 bits per heavy atom. The largest absolute Gasteiger partial charge is 0.342 e. The third-order valence-electron chi connectivity index (χ3n) is 5.10. The first kappa shape index (κ1) is 26.8. The molecule has 2 amide bonds. The first-order valence-corrected chi connectivity index (χ1v) is 12.7. The van der Waals surface area contributed by atoms with Crippen molar-refractivity contribution in [1.29, 1.82) is 0 Å². The van der Waals surface area contributed by atoms with Crippen molar-refractivity contribution in [2.24, 2.45) is 5.92 Å². The zero-order valence-corrected chi connectivity index (χ0v) is 22.0. The molecular weight excluding hydrogens is 505 g/mol. The fourth-order valence-corrected chi connectivity index (χ4v) is 4.66. The second kappa shape index (κ2) is 12.2. The molecule has 0 radical (unpaired) electrons. The van der Waals surface area contributed by atoms with Crippen molar-refractivity contribution in [2.75, 3.05) is 11.1 Å². The molecule has 3 rings (SSSR count). The van der Waals surface area contributed by atoms with Crippen LogP contribution in [0.2, 0.25) is 10.0 Å². The fourth-order valence-electron chi connectivity index (χ4n) is 3.41. The van der Waals surface area contributed by atoms with Crippen LogP contribution in [-0.2, 0) is 11.3 Å². The topological polar surface area (TPSA) is 88.9 Å². The van der Waals surface area contributed by atoms with Crippen LogP contribution in [0.1, 0.15) is 41.6 Å². The van der Waals surface area contributed by atoms with Gasteiger partial charge in [-0.2, -0.15) is 0 Å². The summed E-state index contributed by atoms with van der Waals surface area (Å²) in [5.41, 5.74) is 2.12. The number of amides is 2. The lowest BCUT2D eigenvalue weighted by atomic mass is 10.0. The van der Waals surface area contributed by atoms with Gasteiger partial charge >= 0.3 is 0 Å². The quantitative estimate of drug-likeness (QED) is 0.249. The van der Waals surface area contributed by atoms with Gasteiger partial charge in [-0.05, 0) is 48.7 Å². The maximum atomic E-state index is 13.0. The number of halogens is 2. The number of hydrogen-bond acceptors (Lipinski definition) is 5. The number of hydrogen-bond donors (Lipinski definition) is 2. The highest BCUT2D eigenvalue weighted by Gasteiger charge is 2.27. The summed E-state index contributed by atoms with van der Waals surface area (Å²) in [5, 5.41) is 15.8. The van der Waals surface area contributed by atoms with Crippen molar-refractivity contribution in [2.45, 2.75) is 38.5 Å². The molecule has 184 valence electrons. The van der Waals surface area contributed by atoms with E-state index >= 15 is 0 Å². The highest BCUT2D eigenvalue weighted by Crippen LogP contribution is 2.27. The molecule has 10 heteroatoms. The monoisotopic (exact) mass is 531 g/mol. The Hall–Kier alpha value is -2.81. The molecule has 0 saturated carbocycles. The van der Waals surface area contributed by atoms with Gasteiger partial charge in [0.1, 0.15) is 0 Å². The van der Waals surface area contributed by atoms with Crippen LogP contribution in [0.5, 0.6) is 0 Å². The summed E-state index contributed by atoms with van der Waals surface area (Å²) >= 11 is 13.5. The van der Waals surface area contributed by atoms with Gasteiger partial charge in [-0.15, -0.1) is 16.8 Å². The molecule has 0 fully saturated rings. The van der Waals surface area contributed by atoms with E-state index < -0.39 is 6.04 Å². The van der Waals surface area contributed by atoms with Crippen LogP contribution in [0.3, 0.4) is 0 Å². The molecule has 0 spiro atoms. The summed E-state index contributed by atoms with van der Waals surface area (Å²) in [6.45, 7) is 10.2. The van der Waals surface area contributed by atoms with Crippen molar-refractivity contribution < 1.29 is 9.59 Å². The summed E-state index contributed by atoms with van der Waals surface area (Å²) in [4.78, 5) is 25.5. The SMILES string of the molecule is C=CCn1c(SCC(=O)Nc2cccc(C)c2)nnc1[C@@H](NC(=O)c1ccc(Cl)cc1Cl)C(C)C. The van der Waals surface area contributed by atoms with Crippen LogP contribution in [0.25, 0.3) is 0 Å². The van der Waals surface area contributed by atoms with Gasteiger partial charge in [0, 0.05) is 17.3 Å². The molecule has 0 saturated heterocycles. The van der Waals surface area contributed by atoms with Gasteiger partial charge in [0.05, 0.1) is 22.4 Å². The number of aryl methyl sites for hydroxylation is 1. The molecule has 0 aliphatic carbocycles. The van der Waals surface area contributed by atoms with Gasteiger partial charge < -0.3 is 15.2 Å². The average molecular weight is 532 g/mol. The minimum Gasteiger partial charge on any atom is -0.342 e. The summed E-state index contributed by atoms with van der Waals surface area (Å²) in [5.74, 6) is 0.231. The number of benzene rings is 2. The molecule has 2 aromatic carbocycles. The summed E-state index contributed by atoms with van der Waals surface area (Å²) in [7, 11) is 0. The second-order valence-electron chi connectivity index (χ2n) is 8.27. The maximum Gasteiger partial charge on any atom is 0.253 e. The molecule has 0 unspecified atom stereocenters. The van der Waals surface area contributed by atoms with Crippen LogP contribution < -0.4 is 10.6 Å². The fraction of sp³-hybridized carbons (Fsp3) is 0.280. The summed E-state index contributed by atoms with van der Waals surface area (Å²) < 4.78 is 1.85. The Morgan fingerprint density at radius 1 is 1.17 bits per heavy atom. The minimum absolute atomic E-state index is 0.000241. The van der Waals surface area contributed by atoms with Gasteiger partial charge in [-0.3, -0.25) is 9.59 Å². The first-order chi connectivity index (χ1) is 16.7. The number of thioether (sulfide) groups is 1. The molecule has 1 aromatic heterocycles. The van der Waals surface area contributed by atoms with E-state index in [9.17, 15) is 9.59 Å². The lowest BCUT2D eigenvalue weighted by Gasteiger charge is -2.23. The highest BCUT2D eigenvalue weighted by molar-refractivity contribution is 7.99. The van der Waals surface area contributed by atoms with E-state index in [2.05, 4.69) is 27.4 Å². The zero-order chi connectivity index (χ0) is 25.5. The Labute approximate surface area is 219 Å². The second-order valence-corrected chi connectivity index (χ2v) is 10.1. The minimum atomic E-state index is -0.447. The van der Waals surface area contributed by atoms with E-state index in [1.165, 1.54) is 17.8 Å². The highest BCUT2D eigenvalue weighted by atomic mass is 35.5. The number of aromatic nitrogens is 3. The van der Waals surface area contributed by atoms with E-state index in [1.54, 1.807) is 18.2 Å². The lowest BCUT2D eigenvalue weighted by Crippen LogP contribution is -2.34. The van der Waals surface area contributed by atoms with Crippen molar-refractivity contribution in [1.82, 2.24) is 20.1 Å². The molecule has 0 bridgehead atoms. The molecular formula is C25H27Cl2N5O2S. The molecule has 1 heterocycles. The average Bonchev–Trinajstić information content (AvgIpc) is 3.18. The third-order valence-corrected chi connectivity index (χ3v) is 6.61. The number of anilines is 1. The molecule has 35 heavy (non-hydrogen) atoms. The van der Waals surface area contributed by atoms with Crippen molar-refractivity contribution in [3.05, 3.63) is 82.1 Å². The van der Waals surface area contributed by atoms with Gasteiger partial charge in [0.15, 0.2) is 11.0 Å². The third kappa shape index (κ3) is 7.10. The van der Waals surface area contributed by atoms with Crippen molar-refractivity contribution >= 4 is 52.5 Å². The van der Waals surface area contributed by atoms with Crippen LogP contribution in [0, 0.1) is 12.8 Å². The number of carbonyl (C=O) groups excluding carboxylic acids is 2. The predicted molar refractivity (Wildman–Crippen MR) is 142 cm³/mol. The Balaban J connectivity index is 1.77. The Morgan fingerprint density at radius 2 is 1.94 bits per heavy atom. The van der Waals surface area contributed by atoms with Crippen LogP contribution >= 0.6 is 35.0 Å². The van der Waals surface area contributed by atoms with E-state index in [1.807, 2.05) is 49.6 Å². The van der Waals surface area contributed by atoms with E-state index in [-0.39, 0.29) is 28.5 Å². The standard InChI is InChI=1S/C25H27Cl2N5O2S/c1-5-11-32-23(22(15(2)3)29-24(34)19-10-9-17(26)13-20(19)27)30-31-25(32)35-14-21(33)28-18-8-6-7-16(4)12-18/h5-10,12-13,15,22H,1,11,14H2,2-4H3,(H,28,33)(H,29,34)/t22-/m0/s1. The molecule has 0 aliphatic rings. The van der Waals surface area contributed by atoms with Crippen molar-refractivity contribution in [3.63, 3.8) is 0 Å². The van der Waals surface area contributed by atoms with Gasteiger partial charge in [0.25, 0.3) is 5.91 Å². The molecule has 3 aromatic rings. The molecule has 7 nitrogen and oxygen atoms in total. The van der Waals surface area contributed by atoms with E-state index in [4.69, 9.17) is 23.2 Å². The summed E-state index contributed by atoms with van der Waals surface area (Å²) in [6.07, 6.45) is 1.72. The Kier molecular flexibility index (Phi) is 9.37. The smallest absolute Gasteiger partial charge is 0.253 e. The van der Waals surface area contributed by atoms with Crippen LogP contribution in [0.15, 0.2) is 60.3 Å².